The first-order valence-corrected chi connectivity index (χ1v) is 7.19. The molecule has 0 saturated carbocycles. The average Bonchev–Trinajstić information content (AvgIpc) is 2.47. The van der Waals surface area contributed by atoms with Gasteiger partial charge in [-0.05, 0) is 19.9 Å². The van der Waals surface area contributed by atoms with E-state index in [1.807, 2.05) is 18.7 Å². The molecule has 0 aliphatic carbocycles. The molecule has 2 rings (SSSR count). The zero-order chi connectivity index (χ0) is 17.2. The summed E-state index contributed by atoms with van der Waals surface area (Å²) in [6.07, 6.45) is 0. The highest BCUT2D eigenvalue weighted by atomic mass is 19.2. The molecule has 0 atom stereocenters. The third-order valence-corrected chi connectivity index (χ3v) is 3.57. The second kappa shape index (κ2) is 6.84. The number of nitrogens with one attached hydrogen (secondary N) is 1. The maximum absolute atomic E-state index is 13.5. The van der Waals surface area contributed by atoms with Crippen LogP contribution >= 0.6 is 0 Å². The summed E-state index contributed by atoms with van der Waals surface area (Å²) in [6.45, 7) is 6.43. The number of halogens is 4. The first-order chi connectivity index (χ1) is 10.7. The normalized spacial score (nSPS) is 18.0. The van der Waals surface area contributed by atoms with Crippen LogP contribution in [0, 0.1) is 23.3 Å². The van der Waals surface area contributed by atoms with Gasteiger partial charge in [-0.3, -0.25) is 9.69 Å². The molecule has 4 nitrogen and oxygen atoms in total. The number of carbonyl (C=O) groups excluding carboxylic acids is 1. The van der Waals surface area contributed by atoms with Crippen molar-refractivity contribution in [2.24, 2.45) is 0 Å². The lowest BCUT2D eigenvalue weighted by atomic mass is 10.1. The van der Waals surface area contributed by atoms with Gasteiger partial charge in [0.15, 0.2) is 23.3 Å². The van der Waals surface area contributed by atoms with Gasteiger partial charge in [-0.1, -0.05) is 0 Å². The second-order valence-electron chi connectivity index (χ2n) is 5.99. The number of hydrogen-bond donors (Lipinski definition) is 1. The Kier molecular flexibility index (Phi) is 5.26. The summed E-state index contributed by atoms with van der Waals surface area (Å²) < 4.78 is 58.1. The zero-order valence-corrected chi connectivity index (χ0v) is 12.9. The molecule has 1 aromatic carbocycles. The van der Waals surface area contributed by atoms with Crippen molar-refractivity contribution in [3.8, 4) is 0 Å². The van der Waals surface area contributed by atoms with E-state index >= 15 is 0 Å². The fourth-order valence-corrected chi connectivity index (χ4v) is 2.47. The Hall–Kier alpha value is -1.67. The van der Waals surface area contributed by atoms with Crippen LogP contribution in [0.5, 0.6) is 0 Å². The van der Waals surface area contributed by atoms with Crippen molar-refractivity contribution in [2.75, 3.05) is 32.8 Å². The first kappa shape index (κ1) is 17.7. The largest absolute Gasteiger partial charge is 0.373 e. The molecule has 1 N–H and O–H groups in total. The summed E-state index contributed by atoms with van der Waals surface area (Å²) in [5, 5.41) is 2.37. The van der Waals surface area contributed by atoms with Crippen molar-refractivity contribution >= 4 is 5.91 Å². The average molecular weight is 334 g/mol. The molecule has 0 aromatic heterocycles. The smallest absolute Gasteiger partial charge is 0.254 e. The molecule has 0 bridgehead atoms. The van der Waals surface area contributed by atoms with Gasteiger partial charge >= 0.3 is 0 Å². The van der Waals surface area contributed by atoms with E-state index in [1.165, 1.54) is 0 Å². The van der Waals surface area contributed by atoms with Crippen LogP contribution in [0.3, 0.4) is 0 Å². The van der Waals surface area contributed by atoms with E-state index in [4.69, 9.17) is 4.74 Å². The van der Waals surface area contributed by atoms with Gasteiger partial charge in [-0.25, -0.2) is 17.6 Å². The predicted octanol–water partition coefficient (Wildman–Crippen LogP) is 2.08. The van der Waals surface area contributed by atoms with Gasteiger partial charge in [0.1, 0.15) is 0 Å². The Morgan fingerprint density at radius 3 is 2.61 bits per heavy atom. The summed E-state index contributed by atoms with van der Waals surface area (Å²) in [4.78, 5) is 13.8. The highest BCUT2D eigenvalue weighted by Gasteiger charge is 2.27. The molecule has 0 radical (unpaired) electrons. The molecule has 1 heterocycles. The molecular weight excluding hydrogens is 316 g/mol. The van der Waals surface area contributed by atoms with Crippen LogP contribution in [0.4, 0.5) is 17.6 Å². The number of ether oxygens (including phenoxy) is 1. The fraction of sp³-hybridized carbons (Fsp3) is 0.533. The summed E-state index contributed by atoms with van der Waals surface area (Å²) in [7, 11) is 0. The molecule has 23 heavy (non-hydrogen) atoms. The highest BCUT2D eigenvalue weighted by molar-refractivity contribution is 5.94. The minimum atomic E-state index is -2.00. The summed E-state index contributed by atoms with van der Waals surface area (Å²) in [5.41, 5.74) is -1.15. The number of nitrogens with zero attached hydrogens (tertiary/aromatic N) is 1. The lowest BCUT2D eigenvalue weighted by Gasteiger charge is -2.38. The van der Waals surface area contributed by atoms with Crippen molar-refractivity contribution in [2.45, 2.75) is 19.4 Å². The monoisotopic (exact) mass is 334 g/mol. The topological polar surface area (TPSA) is 41.6 Å². The number of rotatable bonds is 4. The molecular formula is C15H18F4N2O2. The van der Waals surface area contributed by atoms with Gasteiger partial charge in [0.2, 0.25) is 0 Å². The number of amides is 1. The minimum Gasteiger partial charge on any atom is -0.373 e. The van der Waals surface area contributed by atoms with E-state index in [1.54, 1.807) is 0 Å². The third kappa shape index (κ3) is 4.20. The van der Waals surface area contributed by atoms with Crippen LogP contribution in [0.25, 0.3) is 0 Å². The zero-order valence-electron chi connectivity index (χ0n) is 12.9. The van der Waals surface area contributed by atoms with Crippen LogP contribution in [-0.2, 0) is 4.74 Å². The minimum absolute atomic E-state index is 0.162. The van der Waals surface area contributed by atoms with E-state index in [2.05, 4.69) is 5.32 Å². The number of morpholine rings is 1. The molecule has 1 aliphatic heterocycles. The van der Waals surface area contributed by atoms with Gasteiger partial charge < -0.3 is 10.1 Å². The number of benzene rings is 1. The molecule has 8 heteroatoms. The van der Waals surface area contributed by atoms with Crippen LogP contribution < -0.4 is 5.32 Å². The van der Waals surface area contributed by atoms with E-state index < -0.39 is 34.7 Å². The Labute approximate surface area is 131 Å². The third-order valence-electron chi connectivity index (χ3n) is 3.57. The van der Waals surface area contributed by atoms with Crippen molar-refractivity contribution in [1.82, 2.24) is 10.2 Å². The van der Waals surface area contributed by atoms with Crippen LogP contribution in [-0.4, -0.2) is 49.2 Å². The Morgan fingerprint density at radius 2 is 1.96 bits per heavy atom. The molecule has 1 fully saturated rings. The van der Waals surface area contributed by atoms with Crippen LogP contribution in [0.15, 0.2) is 6.07 Å². The van der Waals surface area contributed by atoms with Gasteiger partial charge in [-0.2, -0.15) is 0 Å². The Morgan fingerprint density at radius 1 is 1.26 bits per heavy atom. The van der Waals surface area contributed by atoms with Crippen LogP contribution in [0.2, 0.25) is 0 Å². The number of hydrogen-bond acceptors (Lipinski definition) is 3. The Bertz CT molecular complexity index is 608. The van der Waals surface area contributed by atoms with E-state index in [0.29, 0.717) is 32.3 Å². The number of carbonyl (C=O) groups is 1. The first-order valence-electron chi connectivity index (χ1n) is 7.19. The molecule has 1 aliphatic rings. The van der Waals surface area contributed by atoms with Crippen molar-refractivity contribution < 1.29 is 27.1 Å². The molecule has 0 spiro atoms. The highest BCUT2D eigenvalue weighted by Crippen LogP contribution is 2.19. The second-order valence-corrected chi connectivity index (χ2v) is 5.99. The summed E-state index contributed by atoms with van der Waals surface area (Å²) >= 11 is 0. The lowest BCUT2D eigenvalue weighted by Crippen LogP contribution is -2.50. The van der Waals surface area contributed by atoms with Gasteiger partial charge in [0.25, 0.3) is 5.91 Å². The molecule has 0 unspecified atom stereocenters. The van der Waals surface area contributed by atoms with Gasteiger partial charge in [0.05, 0.1) is 17.8 Å². The summed E-state index contributed by atoms with van der Waals surface area (Å²) in [6, 6.07) is 0.348. The van der Waals surface area contributed by atoms with Gasteiger partial charge in [-0.15, -0.1) is 0 Å². The van der Waals surface area contributed by atoms with Crippen LogP contribution in [0.1, 0.15) is 24.2 Å². The van der Waals surface area contributed by atoms with Crippen molar-refractivity contribution in [3.63, 3.8) is 0 Å². The quantitative estimate of drug-likeness (QED) is 0.521. The fourth-order valence-electron chi connectivity index (χ4n) is 2.47. The summed E-state index contributed by atoms with van der Waals surface area (Å²) in [5.74, 6) is -8.23. The standard InChI is InChI=1S/C15H18F4N2O2/c1-15(2)8-21(5-6-23-15)4-3-20-14(22)9-7-10(16)12(18)13(19)11(9)17/h7H,3-6,8H2,1-2H3,(H,20,22). The van der Waals surface area contributed by atoms with E-state index in [0.717, 1.165) is 0 Å². The molecule has 1 aromatic rings. The lowest BCUT2D eigenvalue weighted by molar-refractivity contribution is -0.0853. The molecule has 1 amide bonds. The predicted molar refractivity (Wildman–Crippen MR) is 75.1 cm³/mol. The van der Waals surface area contributed by atoms with Crippen molar-refractivity contribution in [3.05, 3.63) is 34.9 Å². The van der Waals surface area contributed by atoms with E-state index in [-0.39, 0.29) is 12.1 Å². The maximum Gasteiger partial charge on any atom is 0.254 e. The van der Waals surface area contributed by atoms with E-state index in [9.17, 15) is 22.4 Å². The Balaban J connectivity index is 1.93. The van der Waals surface area contributed by atoms with Gasteiger partial charge in [0, 0.05) is 26.2 Å². The molecule has 1 saturated heterocycles. The van der Waals surface area contributed by atoms with Crippen molar-refractivity contribution in [1.29, 1.82) is 0 Å². The maximum atomic E-state index is 13.5. The SMILES string of the molecule is CC1(C)CN(CCNC(=O)c2cc(F)c(F)c(F)c2F)CCO1. The molecule has 128 valence electrons.